The number of aromatic nitrogens is 2. The first-order valence-electron chi connectivity index (χ1n) is 10.1. The maximum atomic E-state index is 13.0. The van der Waals surface area contributed by atoms with Gasteiger partial charge in [0, 0.05) is 11.8 Å². The number of rotatable bonds is 7. The van der Waals surface area contributed by atoms with Crippen molar-refractivity contribution in [3.63, 3.8) is 0 Å². The van der Waals surface area contributed by atoms with Gasteiger partial charge in [0.25, 0.3) is 5.91 Å². The molecular weight excluding hydrogens is 424 g/mol. The number of nitrogens with zero attached hydrogens (tertiary/aromatic N) is 2. The third-order valence-electron chi connectivity index (χ3n) is 5.07. The summed E-state index contributed by atoms with van der Waals surface area (Å²) in [5.41, 5.74) is 1.62. The van der Waals surface area contributed by atoms with Gasteiger partial charge in [0.2, 0.25) is 0 Å². The zero-order chi connectivity index (χ0) is 23.4. The van der Waals surface area contributed by atoms with Crippen LogP contribution < -0.4 is 20.1 Å². The van der Waals surface area contributed by atoms with Crippen LogP contribution in [0.2, 0.25) is 0 Å². The van der Waals surface area contributed by atoms with Gasteiger partial charge in [-0.1, -0.05) is 42.5 Å². The number of amides is 1. The van der Waals surface area contributed by atoms with Gasteiger partial charge in [-0.15, -0.1) is 0 Å². The molecule has 9 heteroatoms. The molecule has 1 aliphatic rings. The quantitative estimate of drug-likeness (QED) is 0.506. The SMILES string of the molecule is COc1ccc(NC(=O)c2cnn3c2NC(C(=O)O)=C[C@@H]3/C=C/c2ccccc2)cc1OC. The summed E-state index contributed by atoms with van der Waals surface area (Å²) in [5.74, 6) is -0.298. The summed E-state index contributed by atoms with van der Waals surface area (Å²) in [6, 6.07) is 14.1. The van der Waals surface area contributed by atoms with E-state index in [-0.39, 0.29) is 17.1 Å². The van der Waals surface area contributed by atoms with Crippen molar-refractivity contribution in [2.75, 3.05) is 24.9 Å². The number of carbonyl (C=O) groups excluding carboxylic acids is 1. The van der Waals surface area contributed by atoms with Crippen molar-refractivity contribution in [1.29, 1.82) is 0 Å². The molecule has 0 aliphatic carbocycles. The number of ether oxygens (including phenoxy) is 2. The van der Waals surface area contributed by atoms with E-state index in [2.05, 4.69) is 15.7 Å². The summed E-state index contributed by atoms with van der Waals surface area (Å²) >= 11 is 0. The Labute approximate surface area is 189 Å². The molecule has 0 bridgehead atoms. The second kappa shape index (κ2) is 9.31. The van der Waals surface area contributed by atoms with Crippen LogP contribution in [0.25, 0.3) is 6.08 Å². The molecule has 0 saturated carbocycles. The molecule has 1 amide bonds. The summed E-state index contributed by atoms with van der Waals surface area (Å²) in [5, 5.41) is 19.5. The fraction of sp³-hybridized carbons (Fsp3) is 0.125. The Kier molecular flexibility index (Phi) is 6.12. The Morgan fingerprint density at radius 3 is 2.58 bits per heavy atom. The van der Waals surface area contributed by atoms with Gasteiger partial charge in [0.15, 0.2) is 11.5 Å². The number of methoxy groups -OCH3 is 2. The molecular formula is C24H22N4O5. The molecule has 0 fully saturated rings. The highest BCUT2D eigenvalue weighted by Crippen LogP contribution is 2.32. The fourth-order valence-corrected chi connectivity index (χ4v) is 3.44. The van der Waals surface area contributed by atoms with E-state index in [1.165, 1.54) is 26.5 Å². The highest BCUT2D eigenvalue weighted by atomic mass is 16.5. The molecule has 1 aromatic heterocycles. The Hall–Kier alpha value is -4.53. The van der Waals surface area contributed by atoms with E-state index in [0.717, 1.165) is 5.56 Å². The highest BCUT2D eigenvalue weighted by molar-refractivity contribution is 6.08. The minimum Gasteiger partial charge on any atom is -0.493 e. The first-order chi connectivity index (χ1) is 16.0. The number of aliphatic carboxylic acids is 1. The normalized spacial score (nSPS) is 14.7. The molecule has 33 heavy (non-hydrogen) atoms. The summed E-state index contributed by atoms with van der Waals surface area (Å²) in [6.07, 6.45) is 6.64. The van der Waals surface area contributed by atoms with Crippen LogP contribution in [-0.4, -0.2) is 41.0 Å². The lowest BCUT2D eigenvalue weighted by Gasteiger charge is -2.22. The van der Waals surface area contributed by atoms with Crippen molar-refractivity contribution >= 4 is 29.5 Å². The maximum absolute atomic E-state index is 13.0. The van der Waals surface area contributed by atoms with Crippen LogP contribution in [0, 0.1) is 0 Å². The van der Waals surface area contributed by atoms with Gasteiger partial charge < -0.3 is 25.2 Å². The standard InChI is InChI=1S/C24H22N4O5/c1-32-20-11-9-16(12-21(20)33-2)26-23(29)18-14-25-28-17(10-8-15-6-4-3-5-7-15)13-19(24(30)31)27-22(18)28/h3-14,17,27H,1-2H3,(H,26,29)(H,30,31)/b10-8+/t17-/m0/s1. The molecule has 9 nitrogen and oxygen atoms in total. The average Bonchev–Trinajstić information content (AvgIpc) is 3.27. The number of nitrogens with one attached hydrogen (secondary N) is 2. The molecule has 0 radical (unpaired) electrons. The van der Waals surface area contributed by atoms with Gasteiger partial charge in [-0.25, -0.2) is 9.48 Å². The summed E-state index contributed by atoms with van der Waals surface area (Å²) in [7, 11) is 3.03. The number of carboxylic acid groups (broad SMARTS) is 1. The molecule has 3 aromatic rings. The van der Waals surface area contributed by atoms with Crippen LogP contribution in [0.4, 0.5) is 11.5 Å². The van der Waals surface area contributed by atoms with Crippen LogP contribution in [0.1, 0.15) is 22.0 Å². The number of fused-ring (bicyclic) bond motifs is 1. The van der Waals surface area contributed by atoms with Crippen molar-refractivity contribution in [2.24, 2.45) is 0 Å². The third kappa shape index (κ3) is 4.57. The molecule has 168 valence electrons. The van der Waals surface area contributed by atoms with E-state index in [4.69, 9.17) is 9.47 Å². The van der Waals surface area contributed by atoms with Gasteiger partial charge in [0.05, 0.1) is 26.5 Å². The summed E-state index contributed by atoms with van der Waals surface area (Å²) in [4.78, 5) is 24.7. The highest BCUT2D eigenvalue weighted by Gasteiger charge is 2.27. The Bertz CT molecular complexity index is 1250. The molecule has 0 unspecified atom stereocenters. The van der Waals surface area contributed by atoms with E-state index >= 15 is 0 Å². The van der Waals surface area contributed by atoms with Gasteiger partial charge in [-0.05, 0) is 23.8 Å². The van der Waals surface area contributed by atoms with Gasteiger partial charge in [-0.3, -0.25) is 4.79 Å². The van der Waals surface area contributed by atoms with E-state index < -0.39 is 17.9 Å². The van der Waals surface area contributed by atoms with E-state index in [1.54, 1.807) is 22.9 Å². The molecule has 2 heterocycles. The fourth-order valence-electron chi connectivity index (χ4n) is 3.44. The van der Waals surface area contributed by atoms with E-state index in [0.29, 0.717) is 17.2 Å². The van der Waals surface area contributed by atoms with E-state index in [9.17, 15) is 14.7 Å². The zero-order valence-corrected chi connectivity index (χ0v) is 18.0. The topological polar surface area (TPSA) is 115 Å². The number of hydrogen-bond acceptors (Lipinski definition) is 6. The molecule has 1 aliphatic heterocycles. The number of allylic oxidation sites excluding steroid dienone is 2. The number of hydrogen-bond donors (Lipinski definition) is 3. The van der Waals surface area contributed by atoms with Gasteiger partial charge in [-0.2, -0.15) is 5.10 Å². The smallest absolute Gasteiger partial charge is 0.352 e. The predicted molar refractivity (Wildman–Crippen MR) is 124 cm³/mol. The lowest BCUT2D eigenvalue weighted by Crippen LogP contribution is -2.24. The predicted octanol–water partition coefficient (Wildman–Crippen LogP) is 3.80. The van der Waals surface area contributed by atoms with Crippen LogP contribution in [0.15, 0.2) is 72.6 Å². The monoisotopic (exact) mass is 446 g/mol. The van der Waals surface area contributed by atoms with Crippen LogP contribution >= 0.6 is 0 Å². The Morgan fingerprint density at radius 2 is 1.88 bits per heavy atom. The molecule has 0 spiro atoms. The van der Waals surface area contributed by atoms with Crippen LogP contribution in [-0.2, 0) is 4.79 Å². The zero-order valence-electron chi connectivity index (χ0n) is 18.0. The Balaban J connectivity index is 1.63. The minimum absolute atomic E-state index is 0.0362. The lowest BCUT2D eigenvalue weighted by atomic mass is 10.1. The summed E-state index contributed by atoms with van der Waals surface area (Å²) < 4.78 is 12.1. The van der Waals surface area contributed by atoms with Crippen molar-refractivity contribution < 1.29 is 24.2 Å². The first kappa shape index (κ1) is 21.7. The van der Waals surface area contributed by atoms with Crippen molar-refractivity contribution in [3.05, 3.63) is 83.7 Å². The molecule has 2 aromatic carbocycles. The lowest BCUT2D eigenvalue weighted by molar-refractivity contribution is -0.132. The van der Waals surface area contributed by atoms with Crippen molar-refractivity contribution in [2.45, 2.75) is 6.04 Å². The van der Waals surface area contributed by atoms with Crippen molar-refractivity contribution in [1.82, 2.24) is 9.78 Å². The first-order valence-corrected chi connectivity index (χ1v) is 10.1. The molecule has 3 N–H and O–H groups in total. The third-order valence-corrected chi connectivity index (χ3v) is 5.07. The minimum atomic E-state index is -1.13. The number of carboxylic acids is 1. The maximum Gasteiger partial charge on any atom is 0.352 e. The second-order valence-corrected chi connectivity index (χ2v) is 7.15. The Morgan fingerprint density at radius 1 is 1.12 bits per heavy atom. The molecule has 4 rings (SSSR count). The second-order valence-electron chi connectivity index (χ2n) is 7.15. The number of benzene rings is 2. The van der Waals surface area contributed by atoms with Gasteiger partial charge in [0.1, 0.15) is 17.1 Å². The van der Waals surface area contributed by atoms with Crippen LogP contribution in [0.5, 0.6) is 11.5 Å². The molecule has 1 atom stereocenters. The van der Waals surface area contributed by atoms with E-state index in [1.807, 2.05) is 42.5 Å². The summed E-state index contributed by atoms with van der Waals surface area (Å²) in [6.45, 7) is 0. The largest absolute Gasteiger partial charge is 0.493 e. The number of carbonyl (C=O) groups is 2. The van der Waals surface area contributed by atoms with Crippen molar-refractivity contribution in [3.8, 4) is 11.5 Å². The molecule has 0 saturated heterocycles. The average molecular weight is 446 g/mol. The number of anilines is 2. The van der Waals surface area contributed by atoms with Gasteiger partial charge >= 0.3 is 5.97 Å². The van der Waals surface area contributed by atoms with Crippen LogP contribution in [0.3, 0.4) is 0 Å².